The molecule has 5 nitrogen and oxygen atoms in total. The Morgan fingerprint density at radius 3 is 2.72 bits per heavy atom. The quantitative estimate of drug-likeness (QED) is 0.633. The first-order chi connectivity index (χ1) is 8.83. The fraction of sp³-hybridized carbons (Fsp3) is 0.231. The molecule has 1 saturated carbocycles. The molecule has 1 aromatic heterocycles. The van der Waals surface area contributed by atoms with Crippen molar-refractivity contribution in [3.05, 3.63) is 47.5 Å². The van der Waals surface area contributed by atoms with Crippen LogP contribution in [0.2, 0.25) is 0 Å². The number of benzene rings is 1. The molecule has 90 valence electrons. The van der Waals surface area contributed by atoms with Crippen LogP contribution in [0.5, 0.6) is 0 Å². The number of nitrogens with one attached hydrogen (secondary N) is 1. The second-order valence-corrected chi connectivity index (χ2v) is 4.35. The van der Waals surface area contributed by atoms with Gasteiger partial charge in [0.2, 0.25) is 17.5 Å². The molecule has 1 fully saturated rings. The van der Waals surface area contributed by atoms with E-state index in [1.165, 1.54) is 5.56 Å². The number of oxazole rings is 1. The number of nitriles is 1. The summed E-state index contributed by atoms with van der Waals surface area (Å²) in [6.45, 7) is 0. The van der Waals surface area contributed by atoms with Gasteiger partial charge in [0.05, 0.1) is 0 Å². The standard InChI is InChI=1S/C13H12N4O/c14-7-11-13(17-15)18-12(16-11)10-6-9(10)8-4-2-1-3-5-8/h1-5,9-10,17H,6,15H2/t9-,10-/m0/s1. The van der Waals surface area contributed by atoms with E-state index in [1.54, 1.807) is 0 Å². The monoisotopic (exact) mass is 240 g/mol. The van der Waals surface area contributed by atoms with Crippen molar-refractivity contribution < 1.29 is 4.42 Å². The lowest BCUT2D eigenvalue weighted by atomic mass is 10.1. The maximum Gasteiger partial charge on any atom is 0.246 e. The van der Waals surface area contributed by atoms with Crippen LogP contribution in [0.3, 0.4) is 0 Å². The predicted octanol–water partition coefficient (Wildman–Crippen LogP) is 2.10. The van der Waals surface area contributed by atoms with E-state index in [-0.39, 0.29) is 17.5 Å². The van der Waals surface area contributed by atoms with Gasteiger partial charge in [-0.3, -0.25) is 5.43 Å². The Bertz CT molecular complexity index is 599. The van der Waals surface area contributed by atoms with Gasteiger partial charge in [0.25, 0.3) is 0 Å². The van der Waals surface area contributed by atoms with Gasteiger partial charge in [0.1, 0.15) is 6.07 Å². The lowest BCUT2D eigenvalue weighted by Gasteiger charge is -1.97. The average molecular weight is 240 g/mol. The zero-order chi connectivity index (χ0) is 12.5. The van der Waals surface area contributed by atoms with Gasteiger partial charge in [0, 0.05) is 5.92 Å². The molecule has 0 spiro atoms. The number of rotatable bonds is 3. The number of nitrogens with zero attached hydrogens (tertiary/aromatic N) is 2. The molecule has 0 saturated heterocycles. The summed E-state index contributed by atoms with van der Waals surface area (Å²) >= 11 is 0. The van der Waals surface area contributed by atoms with Crippen molar-refractivity contribution in [2.24, 2.45) is 5.84 Å². The van der Waals surface area contributed by atoms with Gasteiger partial charge in [-0.05, 0) is 17.9 Å². The predicted molar refractivity (Wildman–Crippen MR) is 65.6 cm³/mol. The summed E-state index contributed by atoms with van der Waals surface area (Å²) in [5.41, 5.74) is 3.85. The summed E-state index contributed by atoms with van der Waals surface area (Å²) in [7, 11) is 0. The molecule has 1 aromatic carbocycles. The van der Waals surface area contributed by atoms with Crippen LogP contribution in [0.15, 0.2) is 34.7 Å². The number of hydrogen-bond acceptors (Lipinski definition) is 5. The van der Waals surface area contributed by atoms with E-state index in [2.05, 4.69) is 22.5 Å². The SMILES string of the molecule is N#Cc1nc([C@H]2C[C@H]2c2ccccc2)oc1NN. The highest BCUT2D eigenvalue weighted by Gasteiger charge is 2.43. The topological polar surface area (TPSA) is 87.9 Å². The maximum absolute atomic E-state index is 8.88. The van der Waals surface area contributed by atoms with E-state index in [9.17, 15) is 0 Å². The van der Waals surface area contributed by atoms with Gasteiger partial charge < -0.3 is 4.42 Å². The van der Waals surface area contributed by atoms with Crippen molar-refractivity contribution in [1.82, 2.24) is 4.98 Å². The normalized spacial score (nSPS) is 21.3. The summed E-state index contributed by atoms with van der Waals surface area (Å²) in [4.78, 5) is 4.17. The number of aromatic nitrogens is 1. The highest BCUT2D eigenvalue weighted by atomic mass is 16.4. The van der Waals surface area contributed by atoms with Crippen LogP contribution in [-0.4, -0.2) is 4.98 Å². The summed E-state index contributed by atoms with van der Waals surface area (Å²) in [5, 5.41) is 8.88. The minimum absolute atomic E-state index is 0.214. The van der Waals surface area contributed by atoms with Crippen molar-refractivity contribution in [3.8, 4) is 6.07 Å². The van der Waals surface area contributed by atoms with Gasteiger partial charge >= 0.3 is 0 Å². The molecule has 1 aliphatic rings. The second kappa shape index (κ2) is 4.17. The van der Waals surface area contributed by atoms with Crippen LogP contribution in [0, 0.1) is 11.3 Å². The van der Waals surface area contributed by atoms with E-state index in [4.69, 9.17) is 15.5 Å². The van der Waals surface area contributed by atoms with Crippen molar-refractivity contribution in [3.63, 3.8) is 0 Å². The highest BCUT2D eigenvalue weighted by molar-refractivity contribution is 5.45. The number of anilines is 1. The maximum atomic E-state index is 8.88. The molecular weight excluding hydrogens is 228 g/mol. The van der Waals surface area contributed by atoms with Crippen LogP contribution in [0.1, 0.15) is 35.4 Å². The van der Waals surface area contributed by atoms with E-state index in [0.717, 1.165) is 6.42 Å². The Labute approximate surface area is 104 Å². The first-order valence-corrected chi connectivity index (χ1v) is 5.76. The lowest BCUT2D eigenvalue weighted by molar-refractivity contribution is 0.506. The summed E-state index contributed by atoms with van der Waals surface area (Å²) < 4.78 is 5.46. The van der Waals surface area contributed by atoms with E-state index in [0.29, 0.717) is 11.8 Å². The summed E-state index contributed by atoms with van der Waals surface area (Å²) in [6, 6.07) is 12.2. The zero-order valence-corrected chi connectivity index (χ0v) is 9.63. The Kier molecular flexibility index (Phi) is 2.50. The molecule has 3 N–H and O–H groups in total. The van der Waals surface area contributed by atoms with Crippen molar-refractivity contribution in [2.45, 2.75) is 18.3 Å². The molecule has 2 aromatic rings. The van der Waals surface area contributed by atoms with Crippen molar-refractivity contribution >= 4 is 5.88 Å². The van der Waals surface area contributed by atoms with Crippen molar-refractivity contribution in [2.75, 3.05) is 5.43 Å². The molecule has 3 rings (SSSR count). The molecule has 1 aliphatic carbocycles. The zero-order valence-electron chi connectivity index (χ0n) is 9.63. The molecule has 0 amide bonds. The molecule has 0 bridgehead atoms. The van der Waals surface area contributed by atoms with Crippen LogP contribution in [0.4, 0.5) is 5.88 Å². The van der Waals surface area contributed by atoms with Crippen molar-refractivity contribution in [1.29, 1.82) is 5.26 Å². The van der Waals surface area contributed by atoms with Crippen LogP contribution < -0.4 is 11.3 Å². The second-order valence-electron chi connectivity index (χ2n) is 4.35. The fourth-order valence-corrected chi connectivity index (χ4v) is 2.21. The smallest absolute Gasteiger partial charge is 0.246 e. The Balaban J connectivity index is 1.83. The summed E-state index contributed by atoms with van der Waals surface area (Å²) in [5.74, 6) is 6.79. The Morgan fingerprint density at radius 2 is 2.11 bits per heavy atom. The third-order valence-electron chi connectivity index (χ3n) is 3.22. The third-order valence-corrected chi connectivity index (χ3v) is 3.22. The van der Waals surface area contributed by atoms with E-state index >= 15 is 0 Å². The summed E-state index contributed by atoms with van der Waals surface area (Å²) in [6.07, 6.45) is 0.999. The molecule has 5 heteroatoms. The minimum atomic E-state index is 0.214. The lowest BCUT2D eigenvalue weighted by Crippen LogP contribution is -2.06. The third kappa shape index (κ3) is 1.73. The van der Waals surface area contributed by atoms with Crippen LogP contribution in [0.25, 0.3) is 0 Å². The molecule has 0 unspecified atom stereocenters. The number of nitrogens with two attached hydrogens (primary N) is 1. The van der Waals surface area contributed by atoms with E-state index in [1.807, 2.05) is 24.3 Å². The fourth-order valence-electron chi connectivity index (χ4n) is 2.21. The number of hydrogen-bond donors (Lipinski definition) is 2. The number of nitrogen functional groups attached to an aromatic ring is 1. The average Bonchev–Trinajstić information content (AvgIpc) is 3.12. The first kappa shape index (κ1) is 10.8. The van der Waals surface area contributed by atoms with Gasteiger partial charge in [-0.1, -0.05) is 30.3 Å². The van der Waals surface area contributed by atoms with Gasteiger partial charge in [-0.25, -0.2) is 10.8 Å². The minimum Gasteiger partial charge on any atom is -0.422 e. The van der Waals surface area contributed by atoms with Gasteiger partial charge in [0.15, 0.2) is 0 Å². The molecule has 2 atom stereocenters. The molecular formula is C13H12N4O. The molecule has 0 aliphatic heterocycles. The number of hydrazine groups is 1. The molecule has 18 heavy (non-hydrogen) atoms. The largest absolute Gasteiger partial charge is 0.422 e. The Hall–Kier alpha value is -2.32. The Morgan fingerprint density at radius 1 is 1.33 bits per heavy atom. The first-order valence-electron chi connectivity index (χ1n) is 5.76. The van der Waals surface area contributed by atoms with Crippen LogP contribution >= 0.6 is 0 Å². The molecule has 0 radical (unpaired) electrons. The van der Waals surface area contributed by atoms with E-state index < -0.39 is 0 Å². The van der Waals surface area contributed by atoms with Crippen LogP contribution in [-0.2, 0) is 0 Å². The van der Waals surface area contributed by atoms with Gasteiger partial charge in [-0.2, -0.15) is 5.26 Å². The highest BCUT2D eigenvalue weighted by Crippen LogP contribution is 2.54. The van der Waals surface area contributed by atoms with Gasteiger partial charge in [-0.15, -0.1) is 0 Å². The molecule has 1 heterocycles.